The molecule has 1 nitrogen and oxygen atoms in total. The van der Waals surface area contributed by atoms with Crippen LogP contribution in [0, 0.1) is 9.39 Å². The summed E-state index contributed by atoms with van der Waals surface area (Å²) in [5.41, 5.74) is 1.47. The molecule has 0 aliphatic rings. The minimum Gasteiger partial charge on any atom is -0.507 e. The predicted molar refractivity (Wildman–Crippen MR) is 71.2 cm³/mol. The zero-order chi connectivity index (χ0) is 11.7. The van der Waals surface area contributed by atoms with E-state index in [1.807, 2.05) is 22.6 Å². The molecule has 0 radical (unpaired) electrons. The van der Waals surface area contributed by atoms with E-state index >= 15 is 0 Å². The van der Waals surface area contributed by atoms with Gasteiger partial charge in [-0.2, -0.15) is 0 Å². The van der Waals surface area contributed by atoms with Gasteiger partial charge in [0.2, 0.25) is 0 Å². The normalized spacial score (nSPS) is 10.4. The molecule has 0 aromatic heterocycles. The monoisotopic (exact) mass is 348 g/mol. The topological polar surface area (TPSA) is 20.2 Å². The van der Waals surface area contributed by atoms with Gasteiger partial charge in [-0.1, -0.05) is 23.7 Å². The number of hydrogen-bond donors (Lipinski definition) is 1. The number of hydrogen-bond acceptors (Lipinski definition) is 1. The van der Waals surface area contributed by atoms with Crippen LogP contribution in [0.25, 0.3) is 11.1 Å². The third-order valence-corrected chi connectivity index (χ3v) is 3.37. The van der Waals surface area contributed by atoms with Crippen LogP contribution in [-0.2, 0) is 0 Å². The Labute approximate surface area is 111 Å². The van der Waals surface area contributed by atoms with Gasteiger partial charge in [-0.15, -0.1) is 0 Å². The lowest BCUT2D eigenvalue weighted by Crippen LogP contribution is -1.83. The summed E-state index contributed by atoms with van der Waals surface area (Å²) in [6.45, 7) is 0. The first-order chi connectivity index (χ1) is 7.58. The van der Waals surface area contributed by atoms with Gasteiger partial charge in [-0.05, 0) is 52.4 Å². The molecule has 2 rings (SSSR count). The molecule has 0 saturated carbocycles. The molecule has 1 N–H and O–H groups in total. The summed E-state index contributed by atoms with van der Waals surface area (Å²) in [6.07, 6.45) is 0. The zero-order valence-corrected chi connectivity index (χ0v) is 11.0. The number of phenols is 1. The van der Waals surface area contributed by atoms with Crippen LogP contribution in [0.4, 0.5) is 4.39 Å². The molecule has 82 valence electrons. The summed E-state index contributed by atoms with van der Waals surface area (Å²) in [7, 11) is 0. The van der Waals surface area contributed by atoms with Crippen molar-refractivity contribution < 1.29 is 9.50 Å². The van der Waals surface area contributed by atoms with Crippen molar-refractivity contribution in [3.8, 4) is 16.9 Å². The van der Waals surface area contributed by atoms with Crippen LogP contribution in [0.15, 0.2) is 36.4 Å². The molecule has 4 heteroatoms. The Balaban J connectivity index is 2.56. The predicted octanol–water partition coefficient (Wildman–Crippen LogP) is 4.46. The summed E-state index contributed by atoms with van der Waals surface area (Å²) in [5, 5.41) is 10.1. The van der Waals surface area contributed by atoms with Gasteiger partial charge < -0.3 is 5.11 Å². The highest BCUT2D eigenvalue weighted by atomic mass is 127. The Hall–Kier alpha value is -0.810. The quantitative estimate of drug-likeness (QED) is 0.755. The van der Waals surface area contributed by atoms with Crippen molar-refractivity contribution in [3.05, 3.63) is 50.8 Å². The maximum Gasteiger partial charge on any atom is 0.129 e. The van der Waals surface area contributed by atoms with E-state index in [-0.39, 0.29) is 11.6 Å². The highest BCUT2D eigenvalue weighted by Gasteiger charge is 2.08. The van der Waals surface area contributed by atoms with E-state index in [2.05, 4.69) is 0 Å². The maximum atomic E-state index is 12.8. The van der Waals surface area contributed by atoms with E-state index in [0.29, 0.717) is 14.2 Å². The summed E-state index contributed by atoms with van der Waals surface area (Å²) in [5.74, 6) is -0.126. The minimum absolute atomic E-state index is 0.171. The molecule has 0 unspecified atom stereocenters. The first-order valence-corrected chi connectivity index (χ1v) is 5.97. The van der Waals surface area contributed by atoms with Gasteiger partial charge in [0.15, 0.2) is 0 Å². The molecule has 0 aliphatic carbocycles. The van der Waals surface area contributed by atoms with E-state index < -0.39 is 0 Å². The standard InChI is InChI=1S/C12H7ClFIO/c13-10-6-11(15)12(16)5-9(10)7-1-3-8(14)4-2-7/h1-6,16H. The second-order valence-electron chi connectivity index (χ2n) is 3.29. The smallest absolute Gasteiger partial charge is 0.129 e. The van der Waals surface area contributed by atoms with E-state index in [9.17, 15) is 9.50 Å². The fraction of sp³-hybridized carbons (Fsp3) is 0. The summed E-state index contributed by atoms with van der Waals surface area (Å²) in [6, 6.07) is 9.24. The van der Waals surface area contributed by atoms with Gasteiger partial charge in [0.05, 0.1) is 3.57 Å². The molecule has 0 amide bonds. The molecule has 0 bridgehead atoms. The van der Waals surface area contributed by atoms with E-state index in [1.165, 1.54) is 12.1 Å². The van der Waals surface area contributed by atoms with Crippen molar-refractivity contribution in [2.45, 2.75) is 0 Å². The Morgan fingerprint density at radius 1 is 1.12 bits per heavy atom. The Morgan fingerprint density at radius 2 is 1.75 bits per heavy atom. The van der Waals surface area contributed by atoms with Crippen molar-refractivity contribution in [1.29, 1.82) is 0 Å². The SMILES string of the molecule is Oc1cc(-c2ccc(F)cc2)c(Cl)cc1I. The first kappa shape index (κ1) is 11.7. The second kappa shape index (κ2) is 4.59. The van der Waals surface area contributed by atoms with Crippen molar-refractivity contribution in [2.75, 3.05) is 0 Å². The average molecular weight is 349 g/mol. The van der Waals surface area contributed by atoms with Crippen LogP contribution < -0.4 is 0 Å². The van der Waals surface area contributed by atoms with E-state index in [0.717, 1.165) is 5.56 Å². The minimum atomic E-state index is -0.297. The molecule has 0 heterocycles. The molecular weight excluding hydrogens is 341 g/mol. The Bertz CT molecular complexity index is 525. The molecule has 0 atom stereocenters. The van der Waals surface area contributed by atoms with Crippen LogP contribution in [0.3, 0.4) is 0 Å². The lowest BCUT2D eigenvalue weighted by molar-refractivity contribution is 0.472. The molecule has 2 aromatic rings. The van der Waals surface area contributed by atoms with Crippen LogP contribution in [-0.4, -0.2) is 5.11 Å². The summed E-state index contributed by atoms with van der Waals surface area (Å²) < 4.78 is 13.5. The summed E-state index contributed by atoms with van der Waals surface area (Å²) >= 11 is 8.06. The van der Waals surface area contributed by atoms with Gasteiger partial charge in [0, 0.05) is 10.6 Å². The summed E-state index contributed by atoms with van der Waals surface area (Å²) in [4.78, 5) is 0. The van der Waals surface area contributed by atoms with Crippen molar-refractivity contribution in [1.82, 2.24) is 0 Å². The van der Waals surface area contributed by atoms with E-state index in [1.54, 1.807) is 24.3 Å². The third kappa shape index (κ3) is 2.30. The number of aromatic hydroxyl groups is 1. The maximum absolute atomic E-state index is 12.8. The number of rotatable bonds is 1. The first-order valence-electron chi connectivity index (χ1n) is 4.52. The number of phenolic OH excluding ortho intramolecular Hbond substituents is 1. The number of halogens is 3. The van der Waals surface area contributed by atoms with Crippen LogP contribution in [0.2, 0.25) is 5.02 Å². The van der Waals surface area contributed by atoms with E-state index in [4.69, 9.17) is 11.6 Å². The van der Waals surface area contributed by atoms with Gasteiger partial charge in [-0.3, -0.25) is 0 Å². The Morgan fingerprint density at radius 3 is 2.38 bits per heavy atom. The van der Waals surface area contributed by atoms with Crippen molar-refractivity contribution >= 4 is 34.2 Å². The van der Waals surface area contributed by atoms with Crippen molar-refractivity contribution in [3.63, 3.8) is 0 Å². The molecule has 0 aliphatic heterocycles. The highest BCUT2D eigenvalue weighted by Crippen LogP contribution is 2.34. The third-order valence-electron chi connectivity index (χ3n) is 2.19. The fourth-order valence-corrected chi connectivity index (χ4v) is 2.31. The molecule has 0 fully saturated rings. The lowest BCUT2D eigenvalue weighted by atomic mass is 10.1. The van der Waals surface area contributed by atoms with Gasteiger partial charge in [0.1, 0.15) is 11.6 Å². The number of benzene rings is 2. The molecule has 16 heavy (non-hydrogen) atoms. The van der Waals surface area contributed by atoms with Gasteiger partial charge >= 0.3 is 0 Å². The zero-order valence-electron chi connectivity index (χ0n) is 8.05. The fourth-order valence-electron chi connectivity index (χ4n) is 1.39. The van der Waals surface area contributed by atoms with Crippen molar-refractivity contribution in [2.24, 2.45) is 0 Å². The van der Waals surface area contributed by atoms with Crippen LogP contribution in [0.5, 0.6) is 5.75 Å². The highest BCUT2D eigenvalue weighted by molar-refractivity contribution is 14.1. The molecule has 0 saturated heterocycles. The molecular formula is C12H7ClFIO. The lowest BCUT2D eigenvalue weighted by Gasteiger charge is -2.06. The molecule has 2 aromatic carbocycles. The largest absolute Gasteiger partial charge is 0.507 e. The Kier molecular flexibility index (Phi) is 3.35. The average Bonchev–Trinajstić information content (AvgIpc) is 2.25. The van der Waals surface area contributed by atoms with Crippen LogP contribution >= 0.6 is 34.2 Å². The second-order valence-corrected chi connectivity index (χ2v) is 4.86. The van der Waals surface area contributed by atoms with Gasteiger partial charge in [0.25, 0.3) is 0 Å². The van der Waals surface area contributed by atoms with Gasteiger partial charge in [-0.25, -0.2) is 4.39 Å². The molecule has 0 spiro atoms. The van der Waals surface area contributed by atoms with Crippen LogP contribution in [0.1, 0.15) is 0 Å².